The second-order valence-corrected chi connectivity index (χ2v) is 10.7. The number of hydrogen-bond acceptors (Lipinski definition) is 6. The molecule has 9 heteroatoms. The number of benzene rings is 2. The molecule has 0 unspecified atom stereocenters. The molecular weight excluding hydrogens is 512 g/mol. The molecule has 2 aliphatic rings. The molecule has 0 radical (unpaired) electrons. The summed E-state index contributed by atoms with van der Waals surface area (Å²) < 4.78 is 0. The quantitative estimate of drug-likeness (QED) is 0.395. The Hall–Kier alpha value is -3.88. The van der Waals surface area contributed by atoms with Crippen molar-refractivity contribution in [2.45, 2.75) is 25.8 Å². The average Bonchev–Trinajstić information content (AvgIpc) is 3.21. The van der Waals surface area contributed by atoms with Gasteiger partial charge in [0.1, 0.15) is 6.33 Å². The van der Waals surface area contributed by atoms with E-state index in [0.717, 1.165) is 34.4 Å². The van der Waals surface area contributed by atoms with Crippen LogP contribution >= 0.6 is 11.6 Å². The summed E-state index contributed by atoms with van der Waals surface area (Å²) >= 11 is 6.51. The van der Waals surface area contributed by atoms with E-state index in [4.69, 9.17) is 11.6 Å². The van der Waals surface area contributed by atoms with E-state index in [2.05, 4.69) is 27.2 Å². The summed E-state index contributed by atoms with van der Waals surface area (Å²) in [7, 11) is 0. The number of nitrogens with zero attached hydrogens (tertiary/aromatic N) is 5. The van der Waals surface area contributed by atoms with Gasteiger partial charge in [-0.3, -0.25) is 14.6 Å². The zero-order valence-electron chi connectivity index (χ0n) is 21.9. The Morgan fingerprint density at radius 2 is 1.95 bits per heavy atom. The van der Waals surface area contributed by atoms with E-state index in [1.165, 1.54) is 6.33 Å². The van der Waals surface area contributed by atoms with E-state index in [0.29, 0.717) is 29.2 Å². The van der Waals surface area contributed by atoms with Crippen LogP contribution in [0.5, 0.6) is 0 Å². The number of aromatic nitrogens is 3. The minimum atomic E-state index is -0.991. The summed E-state index contributed by atoms with van der Waals surface area (Å²) in [6.45, 7) is 6.32. The second-order valence-electron chi connectivity index (χ2n) is 10.3. The Balaban J connectivity index is 1.51. The Morgan fingerprint density at radius 1 is 1.10 bits per heavy atom. The Kier molecular flexibility index (Phi) is 6.53. The van der Waals surface area contributed by atoms with Gasteiger partial charge in [-0.15, -0.1) is 0 Å². The van der Waals surface area contributed by atoms with E-state index < -0.39 is 5.41 Å². The summed E-state index contributed by atoms with van der Waals surface area (Å²) in [6.07, 6.45) is 5.08. The van der Waals surface area contributed by atoms with Crippen molar-refractivity contribution in [2.75, 3.05) is 31.1 Å². The van der Waals surface area contributed by atoms with Crippen LogP contribution in [0.4, 0.5) is 5.69 Å². The van der Waals surface area contributed by atoms with Crippen molar-refractivity contribution >= 4 is 39.9 Å². The van der Waals surface area contributed by atoms with Gasteiger partial charge in [-0.1, -0.05) is 42.8 Å². The highest BCUT2D eigenvalue weighted by Crippen LogP contribution is 2.48. The van der Waals surface area contributed by atoms with Crippen LogP contribution in [-0.4, -0.2) is 57.8 Å². The average molecular weight is 541 g/mol. The first-order valence-electron chi connectivity index (χ1n) is 13.1. The fourth-order valence-electron chi connectivity index (χ4n) is 6.11. The normalized spacial score (nSPS) is 20.7. The predicted octanol–water partition coefficient (Wildman–Crippen LogP) is 4.15. The van der Waals surface area contributed by atoms with Gasteiger partial charge >= 0.3 is 0 Å². The Labute approximate surface area is 232 Å². The number of halogens is 1. The highest BCUT2D eigenvalue weighted by atomic mass is 35.5. The van der Waals surface area contributed by atoms with Crippen molar-refractivity contribution in [3.8, 4) is 0 Å². The van der Waals surface area contributed by atoms with Gasteiger partial charge < -0.3 is 15.1 Å². The molecule has 0 saturated carbocycles. The fraction of sp³-hybridized carbons (Fsp3) is 0.300. The minimum absolute atomic E-state index is 0.0524. The summed E-state index contributed by atoms with van der Waals surface area (Å²) in [4.78, 5) is 45.2. The largest absolute Gasteiger partial charge is 0.331 e. The first kappa shape index (κ1) is 25.4. The van der Waals surface area contributed by atoms with E-state index in [1.54, 1.807) is 23.2 Å². The van der Waals surface area contributed by atoms with Crippen LogP contribution < -0.4 is 10.2 Å². The molecule has 1 saturated heterocycles. The molecule has 1 fully saturated rings. The van der Waals surface area contributed by atoms with Crippen LogP contribution in [0.2, 0.25) is 5.02 Å². The Bertz CT molecular complexity index is 1590. The van der Waals surface area contributed by atoms with Crippen molar-refractivity contribution in [2.24, 2.45) is 5.92 Å². The smallest absolute Gasteiger partial charge is 0.254 e. The van der Waals surface area contributed by atoms with Gasteiger partial charge in [-0.2, -0.15) is 0 Å². The summed E-state index contributed by atoms with van der Waals surface area (Å²) in [6, 6.07) is 15.1. The van der Waals surface area contributed by atoms with E-state index in [9.17, 15) is 9.59 Å². The highest BCUT2D eigenvalue weighted by molar-refractivity contribution is 6.31. The van der Waals surface area contributed by atoms with Crippen LogP contribution in [0.25, 0.3) is 10.8 Å². The molecular formula is C30H29ClN6O2. The summed E-state index contributed by atoms with van der Waals surface area (Å²) in [5.41, 5.74) is 2.53. The number of fused-ring (bicyclic) bond motifs is 3. The van der Waals surface area contributed by atoms with Crippen LogP contribution in [0.3, 0.4) is 0 Å². The predicted molar refractivity (Wildman–Crippen MR) is 151 cm³/mol. The third-order valence-electron chi connectivity index (χ3n) is 7.94. The molecule has 6 rings (SSSR count). The third kappa shape index (κ3) is 4.24. The monoisotopic (exact) mass is 540 g/mol. The van der Waals surface area contributed by atoms with Crippen LogP contribution in [-0.2, 0) is 16.8 Å². The number of aryl methyl sites for hydroxylation is 1. The molecule has 4 heterocycles. The molecule has 2 aliphatic heterocycles. The van der Waals surface area contributed by atoms with E-state index in [-0.39, 0.29) is 30.8 Å². The molecule has 2 amide bonds. The molecule has 8 nitrogen and oxygen atoms in total. The molecule has 0 aliphatic carbocycles. The summed E-state index contributed by atoms with van der Waals surface area (Å²) in [5.74, 6) is -0.309. The molecule has 4 aromatic rings. The maximum Gasteiger partial charge on any atom is 0.254 e. The molecule has 1 spiro atoms. The standard InChI is InChI=1S/C30H29ClN6O2/c1-3-32-13-21-15-37(27-14-33-12-20-6-4-5-7-24(20)27)29(39)30(21)17-36(16-23-10-19(2)34-18-35-23)28(38)25-9-8-22(31)11-26(25)30/h4-12,14,18,21,32H,3,13,15-17H2,1-2H3/t21-,30+/m0/s1. The lowest BCUT2D eigenvalue weighted by Gasteiger charge is -2.43. The zero-order chi connectivity index (χ0) is 27.1. The van der Waals surface area contributed by atoms with Crippen molar-refractivity contribution in [3.05, 3.63) is 94.8 Å². The molecule has 2 atom stereocenters. The van der Waals surface area contributed by atoms with E-state index >= 15 is 0 Å². The lowest BCUT2D eigenvalue weighted by atomic mass is 9.67. The van der Waals surface area contributed by atoms with Gasteiger partial charge in [-0.05, 0) is 43.3 Å². The number of anilines is 1. The van der Waals surface area contributed by atoms with Gasteiger partial charge in [0, 0.05) is 58.8 Å². The van der Waals surface area contributed by atoms with Crippen molar-refractivity contribution < 1.29 is 9.59 Å². The van der Waals surface area contributed by atoms with Gasteiger partial charge in [0.25, 0.3) is 5.91 Å². The van der Waals surface area contributed by atoms with Crippen LogP contribution in [0.15, 0.2) is 67.3 Å². The third-order valence-corrected chi connectivity index (χ3v) is 8.17. The lowest BCUT2D eigenvalue weighted by Crippen LogP contribution is -2.57. The topological polar surface area (TPSA) is 91.3 Å². The second kappa shape index (κ2) is 10.0. The number of hydrogen-bond donors (Lipinski definition) is 1. The number of pyridine rings is 1. The van der Waals surface area contributed by atoms with Crippen molar-refractivity contribution in [3.63, 3.8) is 0 Å². The first-order chi connectivity index (χ1) is 18.9. The van der Waals surface area contributed by atoms with Crippen LogP contribution in [0, 0.1) is 12.8 Å². The maximum absolute atomic E-state index is 14.8. The minimum Gasteiger partial charge on any atom is -0.331 e. The van der Waals surface area contributed by atoms with Gasteiger partial charge in [0.15, 0.2) is 0 Å². The molecule has 2 aromatic heterocycles. The fourth-order valence-corrected chi connectivity index (χ4v) is 6.28. The Morgan fingerprint density at radius 3 is 2.77 bits per heavy atom. The molecule has 1 N–H and O–H groups in total. The van der Waals surface area contributed by atoms with Gasteiger partial charge in [0.2, 0.25) is 5.91 Å². The first-order valence-corrected chi connectivity index (χ1v) is 13.5. The number of nitrogens with one attached hydrogen (secondary N) is 1. The summed E-state index contributed by atoms with van der Waals surface area (Å²) in [5, 5.41) is 5.90. The van der Waals surface area contributed by atoms with Gasteiger partial charge in [0.05, 0.1) is 29.5 Å². The highest BCUT2D eigenvalue weighted by Gasteiger charge is 2.59. The lowest BCUT2D eigenvalue weighted by molar-refractivity contribution is -0.123. The number of rotatable bonds is 6. The number of carbonyl (C=O) groups excluding carboxylic acids is 2. The SMILES string of the molecule is CCNC[C@H]1CN(c2cncc3ccccc23)C(=O)[C@]12CN(Cc1cc(C)ncn1)C(=O)c1ccc(Cl)cc12. The van der Waals surface area contributed by atoms with Crippen LogP contribution in [0.1, 0.15) is 34.2 Å². The molecule has 0 bridgehead atoms. The number of amides is 2. The van der Waals surface area contributed by atoms with Crippen molar-refractivity contribution in [1.29, 1.82) is 0 Å². The van der Waals surface area contributed by atoms with Crippen molar-refractivity contribution in [1.82, 2.24) is 25.2 Å². The van der Waals surface area contributed by atoms with E-state index in [1.807, 2.05) is 54.4 Å². The maximum atomic E-state index is 14.8. The molecule has 198 valence electrons. The molecule has 39 heavy (non-hydrogen) atoms. The molecule has 2 aromatic carbocycles. The number of carbonyl (C=O) groups is 2. The van der Waals surface area contributed by atoms with Gasteiger partial charge in [-0.25, -0.2) is 9.97 Å². The zero-order valence-corrected chi connectivity index (χ0v) is 22.7.